The van der Waals surface area contributed by atoms with Gasteiger partial charge in [0.2, 0.25) is 0 Å². The Morgan fingerprint density at radius 1 is 0.488 bits per heavy atom. The molecule has 6 aromatic carbocycles. The number of anilines is 3. The maximum absolute atomic E-state index is 13.6. The molecule has 2 aliphatic heterocycles. The molecule has 0 radical (unpaired) electrons. The third-order valence-electron chi connectivity index (χ3n) is 14.2. The van der Waals surface area contributed by atoms with E-state index < -0.39 is 23.9 Å². The minimum atomic E-state index is -1.39. The van der Waals surface area contributed by atoms with Crippen LogP contribution in [0.1, 0.15) is 76.9 Å². The van der Waals surface area contributed by atoms with Crippen LogP contribution in [0.15, 0.2) is 158 Å². The van der Waals surface area contributed by atoms with Crippen LogP contribution in [0.3, 0.4) is 0 Å². The Kier molecular flexibility index (Phi) is 15.0. The van der Waals surface area contributed by atoms with Gasteiger partial charge in [0, 0.05) is 33.8 Å². The van der Waals surface area contributed by atoms with Crippen molar-refractivity contribution in [3.05, 3.63) is 225 Å². The molecule has 2 aliphatic rings. The van der Waals surface area contributed by atoms with E-state index in [1.807, 2.05) is 38.1 Å². The van der Waals surface area contributed by atoms with Gasteiger partial charge < -0.3 is 40.0 Å². The first-order valence-electron chi connectivity index (χ1n) is 25.7. The van der Waals surface area contributed by atoms with E-state index in [2.05, 4.69) is 79.4 Å². The second-order valence-corrected chi connectivity index (χ2v) is 19.8. The monoisotopic (exact) mass is 1130 g/mol. The fourth-order valence-electron chi connectivity index (χ4n) is 10.1. The molecule has 5 heterocycles. The molecule has 8 bridgehead atoms. The number of carboxylic acids is 4. The molecular weight excluding hydrogens is 1080 g/mol. The molecule has 3 aromatic heterocycles. The summed E-state index contributed by atoms with van der Waals surface area (Å²) in [6.07, 6.45) is 6.48. The number of methoxy groups -OCH3 is 1. The van der Waals surface area contributed by atoms with E-state index in [1.165, 1.54) is 37.5 Å². The fraction of sp³-hybridized carbons (Fsp3) is 0.0746. The Hall–Kier alpha value is -10.4. The Balaban J connectivity index is 0.00000753. The van der Waals surface area contributed by atoms with Crippen LogP contribution in [0, 0.1) is 27.7 Å². The summed E-state index contributed by atoms with van der Waals surface area (Å²) in [5.41, 5.74) is 8.58. The largest absolute Gasteiger partial charge is 2.00 e. The molecule has 11 rings (SSSR count). The average Bonchev–Trinajstić information content (AvgIpc) is 3.35. The SMILES string of the molecule is COc1cc(-c2c3nc(c(-c4ccc(C)cc4)c4[n-]c(cc5nc(c(-c6ccc(C)cc6)c6[n-]c2cc6C(=O)O)C(C(=O)O)=C5)cc4C(=O)O)C(C(=O)O)=C3)ccc1/C=C/c1ccc(N(c2ccc(C)cc2)c2ccc(C)cc2)cc1.[Ni+2]. The summed E-state index contributed by atoms with van der Waals surface area (Å²) in [6, 6.07) is 48.2. The van der Waals surface area contributed by atoms with Gasteiger partial charge in [0.15, 0.2) is 0 Å². The van der Waals surface area contributed by atoms with Crippen LogP contribution >= 0.6 is 0 Å². The number of aliphatic carboxylic acids is 2. The smallest absolute Gasteiger partial charge is 0.657 e. The molecule has 0 amide bonds. The van der Waals surface area contributed by atoms with Crippen molar-refractivity contribution in [2.75, 3.05) is 12.0 Å². The van der Waals surface area contributed by atoms with Gasteiger partial charge in [-0.05, 0) is 121 Å². The summed E-state index contributed by atoms with van der Waals surface area (Å²) in [4.78, 5) is 75.6. The first-order chi connectivity index (χ1) is 39.0. The van der Waals surface area contributed by atoms with Crippen LogP contribution in [0.5, 0.6) is 5.75 Å². The van der Waals surface area contributed by atoms with Crippen molar-refractivity contribution in [1.82, 2.24) is 19.9 Å². The van der Waals surface area contributed by atoms with Crippen LogP contribution in [0.25, 0.3) is 90.9 Å². The molecule has 9 aromatic rings. The molecule has 82 heavy (non-hydrogen) atoms. The van der Waals surface area contributed by atoms with Crippen LogP contribution in [0.2, 0.25) is 0 Å². The minimum Gasteiger partial charge on any atom is -0.657 e. The Morgan fingerprint density at radius 2 is 0.951 bits per heavy atom. The molecule has 0 unspecified atom stereocenters. The fourth-order valence-corrected chi connectivity index (χ4v) is 10.1. The number of benzene rings is 6. The van der Waals surface area contributed by atoms with Gasteiger partial charge in [0.25, 0.3) is 0 Å². The number of aryl methyl sites for hydroxylation is 4. The number of ether oxygens (including phenoxy) is 1. The molecule has 0 aliphatic carbocycles. The molecular formula is C67H49N5NiO9. The predicted molar refractivity (Wildman–Crippen MR) is 316 cm³/mol. The maximum Gasteiger partial charge on any atom is 2.00 e. The zero-order valence-corrected chi connectivity index (χ0v) is 45.7. The van der Waals surface area contributed by atoms with Gasteiger partial charge in [0.05, 0.1) is 41.0 Å². The number of carbonyl (C=O) groups is 4. The number of carboxylic acid groups (broad SMARTS) is 4. The first-order valence-corrected chi connectivity index (χ1v) is 25.7. The molecule has 0 atom stereocenters. The molecule has 0 saturated heterocycles. The minimum absolute atomic E-state index is 0. The first kappa shape index (κ1) is 55.0. The van der Waals surface area contributed by atoms with Crippen molar-refractivity contribution < 1.29 is 60.8 Å². The zero-order chi connectivity index (χ0) is 56.8. The van der Waals surface area contributed by atoms with Crippen molar-refractivity contribution in [1.29, 1.82) is 0 Å². The number of nitrogens with zero attached hydrogens (tertiary/aromatic N) is 5. The van der Waals surface area contributed by atoms with Crippen molar-refractivity contribution in [3.63, 3.8) is 0 Å². The van der Waals surface area contributed by atoms with E-state index in [9.17, 15) is 39.6 Å². The molecule has 14 nitrogen and oxygen atoms in total. The summed E-state index contributed by atoms with van der Waals surface area (Å²) in [5.74, 6) is -5.14. The molecule has 15 heteroatoms. The number of fused-ring (bicyclic) bond motifs is 8. The van der Waals surface area contributed by atoms with E-state index in [-0.39, 0.29) is 100 Å². The summed E-state index contributed by atoms with van der Waals surface area (Å²) >= 11 is 0. The second kappa shape index (κ2) is 22.4. The predicted octanol–water partition coefficient (Wildman–Crippen LogP) is 14.1. The summed E-state index contributed by atoms with van der Waals surface area (Å²) in [5, 5.41) is 43.7. The Labute approximate surface area is 480 Å². The Morgan fingerprint density at radius 3 is 1.46 bits per heavy atom. The van der Waals surface area contributed by atoms with Crippen LogP contribution < -0.4 is 19.6 Å². The van der Waals surface area contributed by atoms with Gasteiger partial charge in [-0.1, -0.05) is 150 Å². The van der Waals surface area contributed by atoms with Gasteiger partial charge in [-0.25, -0.2) is 29.1 Å². The quantitative estimate of drug-likeness (QED) is 0.0624. The number of rotatable bonds is 13. The van der Waals surface area contributed by atoms with Crippen LogP contribution in [-0.2, 0) is 26.1 Å². The van der Waals surface area contributed by atoms with Gasteiger partial charge in [-0.2, -0.15) is 0 Å². The van der Waals surface area contributed by atoms with Gasteiger partial charge in [-0.15, -0.1) is 22.1 Å². The molecule has 406 valence electrons. The average molecular weight is 1130 g/mol. The number of aromatic carboxylic acids is 2. The van der Waals surface area contributed by atoms with Crippen molar-refractivity contribution in [2.24, 2.45) is 0 Å². The van der Waals surface area contributed by atoms with E-state index in [4.69, 9.17) is 24.7 Å². The summed E-state index contributed by atoms with van der Waals surface area (Å²) in [6.45, 7) is 7.85. The van der Waals surface area contributed by atoms with Crippen molar-refractivity contribution in [2.45, 2.75) is 27.7 Å². The Bertz CT molecular complexity index is 4260. The maximum atomic E-state index is 13.6. The van der Waals surface area contributed by atoms with Crippen LogP contribution in [-0.4, -0.2) is 61.4 Å². The molecule has 4 N–H and O–H groups in total. The van der Waals surface area contributed by atoms with E-state index in [1.54, 1.807) is 66.7 Å². The van der Waals surface area contributed by atoms with Crippen LogP contribution in [0.4, 0.5) is 17.1 Å². The van der Waals surface area contributed by atoms with Crippen molar-refractivity contribution in [3.8, 4) is 39.1 Å². The third-order valence-corrected chi connectivity index (χ3v) is 14.2. The summed E-state index contributed by atoms with van der Waals surface area (Å²) < 4.78 is 6.05. The normalized spacial score (nSPS) is 11.9. The number of hydrogen-bond donors (Lipinski definition) is 4. The topological polar surface area (TPSA) is 216 Å². The molecule has 0 spiro atoms. The summed E-state index contributed by atoms with van der Waals surface area (Å²) in [7, 11) is 1.51. The second-order valence-electron chi connectivity index (χ2n) is 19.8. The third kappa shape index (κ3) is 10.6. The standard InChI is InChI=1S/C67H51N5O9.Ni/c1-36-6-17-42(18-7-36)58-60-50(64(73)74)32-45(68-60)31-46-33-51(65(75)76)61(69-46)59(43-19-8-37(2)9-20-43)63-53(67(79)80)35-55(71-63)57(54-34-52(66(77)78)62(58)70-54)44-23-22-41(56(30-44)81-5)21-14-40-15-28-49(29-16-40)72(47-24-10-38(3)11-25-47)48-26-12-39(4)13-27-48;/h6-35H,1-5H3,(H6,68,69,70,71,73,74,75,76,77,78,79,80);/q;+2/p-2/b21-14+,45-31?,46-31?,57-54?,57-55?,60-58?,61-59?,62-58?,63-59?;. The van der Waals surface area contributed by atoms with E-state index >= 15 is 0 Å². The van der Waals surface area contributed by atoms with E-state index in [0.29, 0.717) is 28.0 Å². The van der Waals surface area contributed by atoms with Gasteiger partial charge >= 0.3 is 40.4 Å². The van der Waals surface area contributed by atoms with Crippen molar-refractivity contribution >= 4 is 98.5 Å². The number of hydrogen-bond acceptors (Lipinski definition) is 8. The molecule has 0 fully saturated rings. The van der Waals surface area contributed by atoms with E-state index in [0.717, 1.165) is 44.9 Å². The van der Waals surface area contributed by atoms with Gasteiger partial charge in [0.1, 0.15) is 5.75 Å². The molecule has 0 saturated carbocycles. The zero-order valence-electron chi connectivity index (χ0n) is 44.7. The number of aromatic nitrogens is 4. The van der Waals surface area contributed by atoms with Gasteiger partial charge in [-0.3, -0.25) is 0 Å².